The molecule has 7 aromatic carbocycles. The van der Waals surface area contributed by atoms with Crippen LogP contribution in [0, 0.1) is 0 Å². The van der Waals surface area contributed by atoms with Crippen LogP contribution >= 0.6 is 0 Å². The molecule has 7 rings (SSSR count). The second kappa shape index (κ2) is 17.5. The quantitative estimate of drug-likeness (QED) is 0.113. The maximum Gasteiger partial charge on any atom is 0.254 e. The van der Waals surface area contributed by atoms with E-state index in [1.54, 1.807) is 24.3 Å². The molecule has 0 bridgehead atoms. The van der Waals surface area contributed by atoms with Crippen LogP contribution in [0.4, 0.5) is 0 Å². The average molecular weight is 709 g/mol. The van der Waals surface area contributed by atoms with E-state index in [-0.39, 0.29) is 11.8 Å². The lowest BCUT2D eigenvalue weighted by Gasteiger charge is -2.25. The molecule has 6 nitrogen and oxygen atoms in total. The third kappa shape index (κ3) is 9.69. The number of rotatable bonds is 14. The summed E-state index contributed by atoms with van der Waals surface area (Å²) in [5.41, 5.74) is 4.83. The van der Waals surface area contributed by atoms with Gasteiger partial charge in [0.25, 0.3) is 11.8 Å². The molecule has 266 valence electrons. The zero-order chi connectivity index (χ0) is 37.0. The largest absolute Gasteiger partial charge is 0.457 e. The summed E-state index contributed by atoms with van der Waals surface area (Å²) in [4.78, 5) is 32.3. The zero-order valence-corrected chi connectivity index (χ0v) is 29.8. The van der Waals surface area contributed by atoms with Gasteiger partial charge in [-0.15, -0.1) is 0 Å². The third-order valence-corrected chi connectivity index (χ3v) is 8.91. The highest BCUT2D eigenvalue weighted by Gasteiger charge is 2.22. The maximum absolute atomic E-state index is 14.3. The van der Waals surface area contributed by atoms with E-state index in [1.807, 2.05) is 180 Å². The maximum atomic E-state index is 14.3. The Labute approximate surface area is 316 Å². The number of hydrogen-bond donors (Lipinski definition) is 0. The van der Waals surface area contributed by atoms with Gasteiger partial charge in [-0.2, -0.15) is 0 Å². The van der Waals surface area contributed by atoms with Gasteiger partial charge in [0.05, 0.1) is 0 Å². The first-order chi connectivity index (χ1) is 26.6. The summed E-state index contributed by atoms with van der Waals surface area (Å²) in [5, 5.41) is 0. The van der Waals surface area contributed by atoms with Crippen LogP contribution in [0.2, 0.25) is 0 Å². The van der Waals surface area contributed by atoms with Crippen molar-refractivity contribution in [2.24, 2.45) is 0 Å². The molecule has 6 heteroatoms. The summed E-state index contributed by atoms with van der Waals surface area (Å²) in [7, 11) is 0. The Morgan fingerprint density at radius 2 is 0.630 bits per heavy atom. The summed E-state index contributed by atoms with van der Waals surface area (Å²) in [5.74, 6) is 2.62. The summed E-state index contributed by atoms with van der Waals surface area (Å²) < 4.78 is 12.0. The number of nitrogens with zero attached hydrogens (tertiary/aromatic N) is 2. The molecular weight excluding hydrogens is 669 g/mol. The van der Waals surface area contributed by atoms with Crippen LogP contribution in [0.5, 0.6) is 23.0 Å². The Morgan fingerprint density at radius 1 is 0.333 bits per heavy atom. The first kappa shape index (κ1) is 35.5. The van der Waals surface area contributed by atoms with Crippen LogP contribution < -0.4 is 9.47 Å². The SMILES string of the molecule is O=C(c1cccc(C(=O)N(Cc2ccccc2)Cc2ccc(Oc3ccccc3)cc2)c1)N(Cc1ccccc1)Cc1ccc(Oc2ccccc2)cc1. The minimum Gasteiger partial charge on any atom is -0.457 e. The van der Waals surface area contributed by atoms with Crippen LogP contribution in [-0.4, -0.2) is 21.6 Å². The molecule has 0 radical (unpaired) electrons. The van der Waals surface area contributed by atoms with Crippen LogP contribution in [0.1, 0.15) is 43.0 Å². The summed E-state index contributed by atoms with van der Waals surface area (Å²) in [6, 6.07) is 61.8. The number of amides is 2. The summed E-state index contributed by atoms with van der Waals surface area (Å²) >= 11 is 0. The summed E-state index contributed by atoms with van der Waals surface area (Å²) in [6.45, 7) is 1.57. The van der Waals surface area contributed by atoms with Crippen molar-refractivity contribution < 1.29 is 19.1 Å². The van der Waals surface area contributed by atoms with Crippen molar-refractivity contribution >= 4 is 11.8 Å². The Balaban J connectivity index is 1.10. The Hall–Kier alpha value is -6.92. The first-order valence-corrected chi connectivity index (χ1v) is 18.0. The molecule has 54 heavy (non-hydrogen) atoms. The highest BCUT2D eigenvalue weighted by Crippen LogP contribution is 2.25. The van der Waals surface area contributed by atoms with Gasteiger partial charge in [0, 0.05) is 37.3 Å². The Bertz CT molecular complexity index is 2090. The van der Waals surface area contributed by atoms with Crippen LogP contribution in [-0.2, 0) is 26.2 Å². The molecule has 0 spiro atoms. The molecule has 0 N–H and O–H groups in total. The molecule has 0 saturated heterocycles. The standard InChI is InChI=1S/C48H40N2O4/c51-47(49(33-37-14-5-1-6-15-37)35-39-24-28-45(29-25-39)53-43-20-9-3-10-21-43)41-18-13-19-42(32-41)48(52)50(34-38-16-7-2-8-17-38)36-40-26-30-46(31-27-40)54-44-22-11-4-12-23-44/h1-32H,33-36H2. The van der Waals surface area contributed by atoms with E-state index in [0.29, 0.717) is 48.8 Å². The molecule has 7 aromatic rings. The fourth-order valence-electron chi connectivity index (χ4n) is 6.17. The van der Waals surface area contributed by atoms with Crippen LogP contribution in [0.15, 0.2) is 194 Å². The Kier molecular flexibility index (Phi) is 11.5. The van der Waals surface area contributed by atoms with Gasteiger partial charge in [-0.1, -0.05) is 127 Å². The van der Waals surface area contributed by atoms with Crippen molar-refractivity contribution in [1.29, 1.82) is 0 Å². The summed E-state index contributed by atoms with van der Waals surface area (Å²) in [6.07, 6.45) is 0. The predicted molar refractivity (Wildman–Crippen MR) is 212 cm³/mol. The lowest BCUT2D eigenvalue weighted by molar-refractivity contribution is 0.0727. The number of hydrogen-bond acceptors (Lipinski definition) is 4. The van der Waals surface area contributed by atoms with Crippen molar-refractivity contribution in [3.8, 4) is 23.0 Å². The molecule has 0 fully saturated rings. The van der Waals surface area contributed by atoms with Gasteiger partial charge in [-0.05, 0) is 89.0 Å². The van der Waals surface area contributed by atoms with E-state index in [2.05, 4.69) is 0 Å². The van der Waals surface area contributed by atoms with Crippen LogP contribution in [0.25, 0.3) is 0 Å². The topological polar surface area (TPSA) is 59.1 Å². The molecule has 0 aliphatic carbocycles. The van der Waals surface area contributed by atoms with Crippen molar-refractivity contribution in [3.63, 3.8) is 0 Å². The van der Waals surface area contributed by atoms with Crippen LogP contribution in [0.3, 0.4) is 0 Å². The molecule has 0 aromatic heterocycles. The molecule has 0 saturated carbocycles. The minimum absolute atomic E-state index is 0.165. The van der Waals surface area contributed by atoms with Crippen molar-refractivity contribution in [3.05, 3.63) is 228 Å². The van der Waals surface area contributed by atoms with Crippen molar-refractivity contribution in [1.82, 2.24) is 9.80 Å². The fraction of sp³-hybridized carbons (Fsp3) is 0.0833. The second-order valence-corrected chi connectivity index (χ2v) is 13.0. The second-order valence-electron chi connectivity index (χ2n) is 13.0. The van der Waals surface area contributed by atoms with Gasteiger partial charge >= 0.3 is 0 Å². The van der Waals surface area contributed by atoms with E-state index < -0.39 is 0 Å². The molecule has 2 amide bonds. The number of ether oxygens (including phenoxy) is 2. The molecule has 0 heterocycles. The fourth-order valence-corrected chi connectivity index (χ4v) is 6.17. The smallest absolute Gasteiger partial charge is 0.254 e. The van der Waals surface area contributed by atoms with Gasteiger partial charge in [0.15, 0.2) is 0 Å². The molecule has 0 aliphatic heterocycles. The van der Waals surface area contributed by atoms with E-state index in [4.69, 9.17) is 9.47 Å². The van der Waals surface area contributed by atoms with Crippen molar-refractivity contribution in [2.75, 3.05) is 0 Å². The third-order valence-electron chi connectivity index (χ3n) is 8.91. The highest BCUT2D eigenvalue weighted by molar-refractivity contribution is 5.99. The van der Waals surface area contributed by atoms with E-state index in [1.165, 1.54) is 0 Å². The monoisotopic (exact) mass is 708 g/mol. The average Bonchev–Trinajstić information content (AvgIpc) is 3.23. The number of benzene rings is 7. The lowest BCUT2D eigenvalue weighted by Crippen LogP contribution is -2.32. The predicted octanol–water partition coefficient (Wildman–Crippen LogP) is 11.0. The van der Waals surface area contributed by atoms with E-state index in [9.17, 15) is 9.59 Å². The van der Waals surface area contributed by atoms with Gasteiger partial charge in [0.2, 0.25) is 0 Å². The van der Waals surface area contributed by atoms with Gasteiger partial charge in [0.1, 0.15) is 23.0 Å². The van der Waals surface area contributed by atoms with E-state index >= 15 is 0 Å². The lowest BCUT2D eigenvalue weighted by atomic mass is 10.1. The molecule has 0 aliphatic rings. The zero-order valence-electron chi connectivity index (χ0n) is 29.8. The number of carbonyl (C=O) groups excluding carboxylic acids is 2. The number of carbonyl (C=O) groups is 2. The van der Waals surface area contributed by atoms with Gasteiger partial charge in [-0.25, -0.2) is 0 Å². The molecule has 0 unspecified atom stereocenters. The molecular formula is C48H40N2O4. The normalized spacial score (nSPS) is 10.7. The highest BCUT2D eigenvalue weighted by atomic mass is 16.5. The Morgan fingerprint density at radius 3 is 0.981 bits per heavy atom. The van der Waals surface area contributed by atoms with Gasteiger partial charge < -0.3 is 19.3 Å². The minimum atomic E-state index is -0.165. The van der Waals surface area contributed by atoms with Crippen molar-refractivity contribution in [2.45, 2.75) is 26.2 Å². The van der Waals surface area contributed by atoms with E-state index in [0.717, 1.165) is 33.8 Å². The molecule has 0 atom stereocenters. The number of para-hydroxylation sites is 2. The van der Waals surface area contributed by atoms with Gasteiger partial charge in [-0.3, -0.25) is 9.59 Å². The first-order valence-electron chi connectivity index (χ1n) is 18.0.